The molecule has 0 aliphatic rings. The summed E-state index contributed by atoms with van der Waals surface area (Å²) in [5.41, 5.74) is 1.90. The quantitative estimate of drug-likeness (QED) is 0.824. The van der Waals surface area contributed by atoms with Crippen LogP contribution in [-0.4, -0.2) is 33.0 Å². The van der Waals surface area contributed by atoms with E-state index in [-0.39, 0.29) is 22.9 Å². The van der Waals surface area contributed by atoms with Crippen molar-refractivity contribution in [2.45, 2.75) is 18.2 Å². The maximum Gasteiger partial charge on any atom is 0.251 e. The van der Waals surface area contributed by atoms with Gasteiger partial charge in [-0.15, -0.1) is 0 Å². The Kier molecular flexibility index (Phi) is 5.93. The topological polar surface area (TPSA) is 92.3 Å². The molecule has 2 aromatic carbocycles. The molecule has 0 saturated carbocycles. The van der Waals surface area contributed by atoms with Gasteiger partial charge in [-0.2, -0.15) is 0 Å². The molecule has 2 amide bonds. The lowest BCUT2D eigenvalue weighted by Gasteiger charge is -2.10. The minimum Gasteiger partial charge on any atom is -0.343 e. The fraction of sp³-hybridized carbons (Fsp3) is 0.222. The van der Waals surface area contributed by atoms with E-state index in [2.05, 4.69) is 10.6 Å². The van der Waals surface area contributed by atoms with Crippen LogP contribution in [0, 0.1) is 0 Å². The normalized spacial score (nSPS) is 11.0. The number of carbonyl (C=O) groups is 2. The van der Waals surface area contributed by atoms with Crippen molar-refractivity contribution in [3.63, 3.8) is 0 Å². The van der Waals surface area contributed by atoms with E-state index < -0.39 is 15.7 Å². The van der Waals surface area contributed by atoms with Gasteiger partial charge in [0.15, 0.2) is 9.84 Å². The minimum absolute atomic E-state index is 0.0569. The SMILES string of the molecule is CCc1ccccc1NC(=O)CNC(=O)c1cccc(S(C)(=O)=O)c1. The monoisotopic (exact) mass is 360 g/mol. The summed E-state index contributed by atoms with van der Waals surface area (Å²) in [5.74, 6) is -0.863. The zero-order chi connectivity index (χ0) is 18.4. The molecule has 0 aliphatic carbocycles. The van der Waals surface area contributed by atoms with Crippen molar-refractivity contribution in [3.05, 3.63) is 59.7 Å². The molecule has 0 atom stereocenters. The van der Waals surface area contributed by atoms with Gasteiger partial charge in [0.1, 0.15) is 0 Å². The smallest absolute Gasteiger partial charge is 0.251 e. The van der Waals surface area contributed by atoms with Crippen LogP contribution in [-0.2, 0) is 21.1 Å². The van der Waals surface area contributed by atoms with Gasteiger partial charge in [-0.1, -0.05) is 31.2 Å². The molecular formula is C18H20N2O4S. The first-order chi connectivity index (χ1) is 11.8. The molecule has 0 fully saturated rings. The Labute approximate surface area is 147 Å². The molecule has 132 valence electrons. The number of rotatable bonds is 6. The summed E-state index contributed by atoms with van der Waals surface area (Å²) in [6, 6.07) is 13.1. The highest BCUT2D eigenvalue weighted by Gasteiger charge is 2.13. The van der Waals surface area contributed by atoms with E-state index in [9.17, 15) is 18.0 Å². The van der Waals surface area contributed by atoms with Crippen LogP contribution in [0.15, 0.2) is 53.4 Å². The number of para-hydroxylation sites is 1. The van der Waals surface area contributed by atoms with E-state index in [1.807, 2.05) is 25.1 Å². The average Bonchev–Trinajstić information content (AvgIpc) is 2.59. The fourth-order valence-electron chi connectivity index (χ4n) is 2.28. The molecule has 2 rings (SSSR count). The maximum absolute atomic E-state index is 12.1. The number of nitrogens with one attached hydrogen (secondary N) is 2. The number of anilines is 1. The zero-order valence-electron chi connectivity index (χ0n) is 14.1. The summed E-state index contributed by atoms with van der Waals surface area (Å²) in [6.07, 6.45) is 1.85. The summed E-state index contributed by atoms with van der Waals surface area (Å²) in [5, 5.41) is 5.24. The van der Waals surface area contributed by atoms with Crippen LogP contribution in [0.4, 0.5) is 5.69 Å². The van der Waals surface area contributed by atoms with Crippen molar-refractivity contribution in [2.24, 2.45) is 0 Å². The molecule has 0 radical (unpaired) electrons. The third-order valence-electron chi connectivity index (χ3n) is 3.61. The largest absolute Gasteiger partial charge is 0.343 e. The molecule has 0 unspecified atom stereocenters. The Morgan fingerprint density at radius 3 is 2.44 bits per heavy atom. The highest BCUT2D eigenvalue weighted by molar-refractivity contribution is 7.90. The van der Waals surface area contributed by atoms with E-state index in [1.165, 1.54) is 24.3 Å². The third-order valence-corrected chi connectivity index (χ3v) is 4.72. The van der Waals surface area contributed by atoms with Crippen molar-refractivity contribution < 1.29 is 18.0 Å². The summed E-state index contributed by atoms with van der Waals surface area (Å²) in [4.78, 5) is 24.2. The Morgan fingerprint density at radius 1 is 1.04 bits per heavy atom. The first-order valence-corrected chi connectivity index (χ1v) is 9.66. The second-order valence-corrected chi connectivity index (χ2v) is 7.56. The van der Waals surface area contributed by atoms with Crippen molar-refractivity contribution in [1.82, 2.24) is 5.32 Å². The molecule has 0 aliphatic heterocycles. The summed E-state index contributed by atoms with van der Waals surface area (Å²) in [6.45, 7) is 1.78. The first kappa shape index (κ1) is 18.7. The van der Waals surface area contributed by atoms with Crippen LogP contribution in [0.1, 0.15) is 22.8 Å². The maximum atomic E-state index is 12.1. The van der Waals surface area contributed by atoms with Crippen LogP contribution >= 0.6 is 0 Å². The number of aryl methyl sites for hydroxylation is 1. The van der Waals surface area contributed by atoms with Crippen LogP contribution in [0.25, 0.3) is 0 Å². The van der Waals surface area contributed by atoms with E-state index in [1.54, 1.807) is 6.07 Å². The second-order valence-electron chi connectivity index (χ2n) is 5.54. The Balaban J connectivity index is 1.99. The fourth-order valence-corrected chi connectivity index (χ4v) is 2.94. The van der Waals surface area contributed by atoms with Crippen molar-refractivity contribution >= 4 is 27.3 Å². The van der Waals surface area contributed by atoms with Gasteiger partial charge < -0.3 is 10.6 Å². The highest BCUT2D eigenvalue weighted by Crippen LogP contribution is 2.15. The molecule has 6 nitrogen and oxygen atoms in total. The third kappa shape index (κ3) is 5.15. The predicted octanol–water partition coefficient (Wildman–Crippen LogP) is 2.02. The molecule has 0 bridgehead atoms. The Bertz CT molecular complexity index is 891. The predicted molar refractivity (Wildman–Crippen MR) is 96.3 cm³/mol. The lowest BCUT2D eigenvalue weighted by molar-refractivity contribution is -0.115. The molecule has 2 aromatic rings. The lowest BCUT2D eigenvalue weighted by atomic mass is 10.1. The molecule has 0 saturated heterocycles. The number of hydrogen-bond acceptors (Lipinski definition) is 4. The molecule has 0 heterocycles. The van der Waals surface area contributed by atoms with Crippen molar-refractivity contribution in [3.8, 4) is 0 Å². The lowest BCUT2D eigenvalue weighted by Crippen LogP contribution is -2.33. The molecule has 0 aromatic heterocycles. The number of hydrogen-bond donors (Lipinski definition) is 2. The number of benzene rings is 2. The van der Waals surface area contributed by atoms with Gasteiger partial charge >= 0.3 is 0 Å². The zero-order valence-corrected chi connectivity index (χ0v) is 14.9. The molecule has 0 spiro atoms. The van der Waals surface area contributed by atoms with Crippen LogP contribution < -0.4 is 10.6 Å². The van der Waals surface area contributed by atoms with Gasteiger partial charge in [-0.05, 0) is 36.2 Å². The van der Waals surface area contributed by atoms with Gasteiger partial charge in [-0.25, -0.2) is 8.42 Å². The number of sulfone groups is 1. The van der Waals surface area contributed by atoms with Gasteiger partial charge in [0.2, 0.25) is 5.91 Å². The Hall–Kier alpha value is -2.67. The van der Waals surface area contributed by atoms with E-state index in [0.717, 1.165) is 18.2 Å². The summed E-state index contributed by atoms with van der Waals surface area (Å²) >= 11 is 0. The van der Waals surface area contributed by atoms with Gasteiger partial charge in [0.25, 0.3) is 5.91 Å². The molecule has 7 heteroatoms. The number of amides is 2. The van der Waals surface area contributed by atoms with E-state index >= 15 is 0 Å². The molecular weight excluding hydrogens is 340 g/mol. The minimum atomic E-state index is -3.40. The second kappa shape index (κ2) is 7.94. The van der Waals surface area contributed by atoms with Crippen molar-refractivity contribution in [2.75, 3.05) is 18.1 Å². The standard InChI is InChI=1S/C18H20N2O4S/c1-3-13-7-4-5-10-16(13)20-17(21)12-19-18(22)14-8-6-9-15(11-14)25(2,23)24/h4-11H,3,12H2,1-2H3,(H,19,22)(H,20,21). The molecule has 2 N–H and O–H groups in total. The first-order valence-electron chi connectivity index (χ1n) is 7.77. The summed E-state index contributed by atoms with van der Waals surface area (Å²) < 4.78 is 23.1. The van der Waals surface area contributed by atoms with E-state index in [4.69, 9.17) is 0 Å². The Morgan fingerprint density at radius 2 is 1.76 bits per heavy atom. The van der Waals surface area contributed by atoms with Gasteiger partial charge in [0, 0.05) is 17.5 Å². The van der Waals surface area contributed by atoms with Crippen molar-refractivity contribution in [1.29, 1.82) is 0 Å². The van der Waals surface area contributed by atoms with Gasteiger partial charge in [-0.3, -0.25) is 9.59 Å². The van der Waals surface area contributed by atoms with E-state index in [0.29, 0.717) is 5.69 Å². The highest BCUT2D eigenvalue weighted by atomic mass is 32.2. The van der Waals surface area contributed by atoms with Gasteiger partial charge in [0.05, 0.1) is 11.4 Å². The van der Waals surface area contributed by atoms with Crippen LogP contribution in [0.2, 0.25) is 0 Å². The van der Waals surface area contributed by atoms with Crippen LogP contribution in [0.5, 0.6) is 0 Å². The van der Waals surface area contributed by atoms with Crippen LogP contribution in [0.3, 0.4) is 0 Å². The molecule has 25 heavy (non-hydrogen) atoms. The summed E-state index contributed by atoms with van der Waals surface area (Å²) in [7, 11) is -3.40. The average molecular weight is 360 g/mol. The number of carbonyl (C=O) groups excluding carboxylic acids is 2.